The van der Waals surface area contributed by atoms with Gasteiger partial charge in [-0.25, -0.2) is 8.42 Å². The lowest BCUT2D eigenvalue weighted by molar-refractivity contribution is 0.0994. The summed E-state index contributed by atoms with van der Waals surface area (Å²) < 4.78 is 30.2. The number of benzene rings is 4. The SMILES string of the molecule is CCN1C(=O)c2cccc3c(S(=O)(=O)NC(c4ccccc4)c4ccccc4)ccc1c23. The van der Waals surface area contributed by atoms with Crippen LogP contribution < -0.4 is 9.62 Å². The Morgan fingerprint density at radius 3 is 2.03 bits per heavy atom. The quantitative estimate of drug-likeness (QED) is 0.462. The molecular weight excluding hydrogens is 420 g/mol. The van der Waals surface area contributed by atoms with Crippen molar-refractivity contribution in [2.75, 3.05) is 11.4 Å². The van der Waals surface area contributed by atoms with E-state index in [1.165, 1.54) is 0 Å². The van der Waals surface area contributed by atoms with E-state index < -0.39 is 16.1 Å². The van der Waals surface area contributed by atoms with Crippen LogP contribution in [-0.2, 0) is 10.0 Å². The molecule has 0 atom stereocenters. The maximum atomic E-state index is 13.7. The number of hydrogen-bond acceptors (Lipinski definition) is 3. The van der Waals surface area contributed by atoms with Crippen LogP contribution >= 0.6 is 0 Å². The van der Waals surface area contributed by atoms with Gasteiger partial charge in [0.05, 0.1) is 16.6 Å². The third-order valence-electron chi connectivity index (χ3n) is 5.89. The van der Waals surface area contributed by atoms with E-state index in [2.05, 4.69) is 4.72 Å². The second-order valence-electron chi connectivity index (χ2n) is 7.74. The van der Waals surface area contributed by atoms with Gasteiger partial charge >= 0.3 is 0 Å². The van der Waals surface area contributed by atoms with Crippen molar-refractivity contribution in [2.45, 2.75) is 17.9 Å². The molecule has 1 aliphatic rings. The second-order valence-corrected chi connectivity index (χ2v) is 9.42. The Kier molecular flexibility index (Phi) is 5.04. The highest BCUT2D eigenvalue weighted by molar-refractivity contribution is 7.89. The third-order valence-corrected chi connectivity index (χ3v) is 7.37. The van der Waals surface area contributed by atoms with Gasteiger partial charge in [-0.3, -0.25) is 4.79 Å². The molecule has 4 aromatic carbocycles. The van der Waals surface area contributed by atoms with E-state index in [1.807, 2.05) is 67.6 Å². The summed E-state index contributed by atoms with van der Waals surface area (Å²) in [6.07, 6.45) is 0. The lowest BCUT2D eigenvalue weighted by Crippen LogP contribution is -2.29. The largest absolute Gasteiger partial charge is 0.308 e. The monoisotopic (exact) mass is 442 g/mol. The first-order chi connectivity index (χ1) is 15.5. The minimum absolute atomic E-state index is 0.0953. The Morgan fingerprint density at radius 1 is 0.812 bits per heavy atom. The Bertz CT molecular complexity index is 1380. The summed E-state index contributed by atoms with van der Waals surface area (Å²) in [5.41, 5.74) is 2.99. The van der Waals surface area contributed by atoms with Crippen molar-refractivity contribution < 1.29 is 13.2 Å². The number of nitrogens with zero attached hydrogens (tertiary/aromatic N) is 1. The van der Waals surface area contributed by atoms with E-state index in [1.54, 1.807) is 35.2 Å². The van der Waals surface area contributed by atoms with Gasteiger partial charge < -0.3 is 4.90 Å². The second kappa shape index (κ2) is 7.89. The summed E-state index contributed by atoms with van der Waals surface area (Å²) in [4.78, 5) is 14.6. The maximum Gasteiger partial charge on any atom is 0.258 e. The Labute approximate surface area is 187 Å². The van der Waals surface area contributed by atoms with Gasteiger partial charge in [-0.2, -0.15) is 4.72 Å². The average molecular weight is 443 g/mol. The smallest absolute Gasteiger partial charge is 0.258 e. The summed E-state index contributed by atoms with van der Waals surface area (Å²) >= 11 is 0. The topological polar surface area (TPSA) is 66.5 Å². The van der Waals surface area contributed by atoms with Gasteiger partial charge in [-0.15, -0.1) is 0 Å². The molecule has 0 aromatic heterocycles. The van der Waals surface area contributed by atoms with E-state index in [0.29, 0.717) is 22.9 Å². The molecule has 32 heavy (non-hydrogen) atoms. The van der Waals surface area contributed by atoms with Crippen molar-refractivity contribution in [2.24, 2.45) is 0 Å². The van der Waals surface area contributed by atoms with E-state index in [4.69, 9.17) is 0 Å². The number of carbonyl (C=O) groups excluding carboxylic acids is 1. The summed E-state index contributed by atoms with van der Waals surface area (Å²) in [6, 6.07) is 27.1. The van der Waals surface area contributed by atoms with Crippen LogP contribution in [0.15, 0.2) is 95.9 Å². The molecule has 0 bridgehead atoms. The van der Waals surface area contributed by atoms with Crippen molar-refractivity contribution in [3.05, 3.63) is 108 Å². The number of hydrogen-bond donors (Lipinski definition) is 1. The molecule has 0 spiro atoms. The molecule has 1 N–H and O–H groups in total. The van der Waals surface area contributed by atoms with Gasteiger partial charge in [-0.1, -0.05) is 72.8 Å². The summed E-state index contributed by atoms with van der Waals surface area (Å²) in [5, 5.41) is 1.25. The minimum Gasteiger partial charge on any atom is -0.308 e. The molecule has 4 aromatic rings. The first-order valence-corrected chi connectivity index (χ1v) is 12.0. The normalized spacial score (nSPS) is 13.3. The van der Waals surface area contributed by atoms with Crippen molar-refractivity contribution in [1.82, 2.24) is 4.72 Å². The van der Waals surface area contributed by atoms with Crippen LogP contribution in [0.4, 0.5) is 5.69 Å². The van der Waals surface area contributed by atoms with Gasteiger partial charge in [0.15, 0.2) is 0 Å². The first-order valence-electron chi connectivity index (χ1n) is 10.5. The molecule has 0 saturated heterocycles. The predicted octanol–water partition coefficient (Wildman–Crippen LogP) is 4.89. The molecule has 5 nitrogen and oxygen atoms in total. The number of amides is 1. The Hall–Kier alpha value is -3.48. The Morgan fingerprint density at radius 2 is 1.44 bits per heavy atom. The summed E-state index contributed by atoms with van der Waals surface area (Å²) in [7, 11) is -3.91. The summed E-state index contributed by atoms with van der Waals surface area (Å²) in [6.45, 7) is 2.43. The average Bonchev–Trinajstić information content (AvgIpc) is 3.11. The van der Waals surface area contributed by atoms with Crippen molar-refractivity contribution in [1.29, 1.82) is 0 Å². The molecular formula is C26H22N2O3S. The molecule has 5 rings (SSSR count). The van der Waals surface area contributed by atoms with E-state index in [0.717, 1.165) is 16.8 Å². The predicted molar refractivity (Wildman–Crippen MR) is 126 cm³/mol. The zero-order chi connectivity index (χ0) is 22.3. The first kappa shape index (κ1) is 20.4. The van der Waals surface area contributed by atoms with Crippen molar-refractivity contribution >= 4 is 32.4 Å². The standard InChI is InChI=1S/C26H22N2O3S/c1-2-28-22-16-17-23(20-14-9-15-21(24(20)22)26(28)29)32(30,31)27-25(18-10-5-3-6-11-18)19-12-7-4-8-13-19/h3-17,25,27H,2H2,1H3. The van der Waals surface area contributed by atoms with Crippen LogP contribution in [-0.4, -0.2) is 20.9 Å². The molecule has 6 heteroatoms. The number of nitrogens with one attached hydrogen (secondary N) is 1. The Balaban J connectivity index is 1.64. The van der Waals surface area contributed by atoms with Crippen molar-refractivity contribution in [3.8, 4) is 0 Å². The molecule has 0 fully saturated rings. The fourth-order valence-electron chi connectivity index (χ4n) is 4.41. The van der Waals surface area contributed by atoms with E-state index in [9.17, 15) is 13.2 Å². The lowest BCUT2D eigenvalue weighted by Gasteiger charge is -2.21. The van der Waals surface area contributed by atoms with Gasteiger partial charge in [0.1, 0.15) is 0 Å². The molecule has 0 saturated carbocycles. The van der Waals surface area contributed by atoms with E-state index in [-0.39, 0.29) is 10.8 Å². The van der Waals surface area contributed by atoms with Crippen LogP contribution in [0.1, 0.15) is 34.5 Å². The fourth-order valence-corrected chi connectivity index (χ4v) is 5.82. The summed E-state index contributed by atoms with van der Waals surface area (Å²) in [5.74, 6) is -0.0953. The number of sulfonamides is 1. The zero-order valence-corrected chi connectivity index (χ0v) is 18.3. The highest BCUT2D eigenvalue weighted by Gasteiger charge is 2.32. The molecule has 1 amide bonds. The van der Waals surface area contributed by atoms with Crippen LogP contribution in [0.25, 0.3) is 10.8 Å². The van der Waals surface area contributed by atoms with Crippen LogP contribution in [0.3, 0.4) is 0 Å². The van der Waals surface area contributed by atoms with Gasteiger partial charge in [-0.05, 0) is 36.2 Å². The molecule has 0 aliphatic carbocycles. The van der Waals surface area contributed by atoms with Crippen LogP contribution in [0.5, 0.6) is 0 Å². The molecule has 1 heterocycles. The van der Waals surface area contributed by atoms with Gasteiger partial charge in [0, 0.05) is 22.9 Å². The molecule has 160 valence electrons. The number of carbonyl (C=O) groups is 1. The zero-order valence-electron chi connectivity index (χ0n) is 17.5. The van der Waals surface area contributed by atoms with Gasteiger partial charge in [0.2, 0.25) is 10.0 Å². The highest BCUT2D eigenvalue weighted by Crippen LogP contribution is 2.40. The minimum atomic E-state index is -3.91. The lowest BCUT2D eigenvalue weighted by atomic mass is 10.00. The van der Waals surface area contributed by atoms with E-state index >= 15 is 0 Å². The maximum absolute atomic E-state index is 13.7. The van der Waals surface area contributed by atoms with Crippen LogP contribution in [0.2, 0.25) is 0 Å². The highest BCUT2D eigenvalue weighted by atomic mass is 32.2. The molecule has 0 radical (unpaired) electrons. The molecule has 1 aliphatic heterocycles. The van der Waals surface area contributed by atoms with Crippen LogP contribution in [0, 0.1) is 0 Å². The molecule has 0 unspecified atom stereocenters. The third kappa shape index (κ3) is 3.28. The van der Waals surface area contributed by atoms with Gasteiger partial charge in [0.25, 0.3) is 5.91 Å². The van der Waals surface area contributed by atoms with Crippen molar-refractivity contribution in [3.63, 3.8) is 0 Å². The number of anilines is 1. The number of rotatable bonds is 6. The fraction of sp³-hybridized carbons (Fsp3) is 0.115.